The maximum atomic E-state index is 15.5. The average Bonchev–Trinajstić information content (AvgIpc) is 0.726. The van der Waals surface area contributed by atoms with Crippen LogP contribution in [-0.2, 0) is 14.4 Å². The molecule has 0 saturated carbocycles. The van der Waals surface area contributed by atoms with E-state index in [2.05, 4.69) is 67.8 Å². The SMILES string of the molecule is C=CC(=O)N1CCN(c2c(C#N)c(=O)n(-c3c(C)ccnc3C(C)C)c3nc(-c4c(F)c(F)c(Cl)c(N)c4Cl)c(Cl)cc23)C[C@H]1C.C=CC(=O)N1CCN(c2c(C#N)c(=O)n(-c3c(C)ccnc3C(C)C)c3nc(-c4c(F)c(F)c(Cl)c(N)c4Cl)c(Cl)cc23)C[C@H]1C.C=CC(=O)N1CCN(c2c(C#N)c(=O)n(-c3c(C)ccnc3C(C)C)c3nc(-c4c(F)c(F)c(Cl)c(N)c4Cl)c(Cl)cc23)C[C@H]1C. The number of carbonyl (C=O) groups is 3. The summed E-state index contributed by atoms with van der Waals surface area (Å²) in [6, 6.07) is 14.7. The maximum Gasteiger partial charge on any atom is 0.276 e. The molecule has 27 nitrogen and oxygen atoms in total. The fourth-order valence-electron chi connectivity index (χ4n) is 17.5. The lowest BCUT2D eigenvalue weighted by atomic mass is 10.0. The lowest BCUT2D eigenvalue weighted by Crippen LogP contribution is -2.54. The van der Waals surface area contributed by atoms with Crippen LogP contribution in [0.25, 0.3) is 83.9 Å². The van der Waals surface area contributed by atoms with Crippen LogP contribution >= 0.6 is 104 Å². The number of nitrogen functional groups attached to an aromatic ring is 3. The summed E-state index contributed by atoms with van der Waals surface area (Å²) in [5.74, 6) is -9.86. The second kappa shape index (κ2) is 40.8. The number of hydrogen-bond acceptors (Lipinski definition) is 21. The number of nitrogens with zero attached hydrogens (tertiary/aromatic N) is 18. The number of anilines is 6. The first-order chi connectivity index (χ1) is 65.2. The quantitative estimate of drug-likeness (QED) is 0.0282. The summed E-state index contributed by atoms with van der Waals surface area (Å²) >= 11 is 57.0. The van der Waals surface area contributed by atoms with Gasteiger partial charge in [0.15, 0.2) is 34.9 Å². The number of pyridine rings is 9. The van der Waals surface area contributed by atoms with Gasteiger partial charge in [-0.2, -0.15) is 15.8 Å². The number of amides is 3. The Bertz CT molecular complexity index is 6790. The largest absolute Gasteiger partial charge is 0.396 e. The number of piperazine rings is 3. The molecule has 3 saturated heterocycles. The number of aromatic nitrogens is 9. The lowest BCUT2D eigenvalue weighted by Gasteiger charge is -2.41. The molecule has 3 aromatic carbocycles. The maximum absolute atomic E-state index is 15.5. The standard InChI is InChI=1S/3C32H28Cl3F2N7O2/c3*1-6-20(45)43-10-9-42(13-16(43)5)30-17-11-19(33)28(21-22(34)26(39)23(35)25(37)24(21)36)41-31(17)44(32(46)18(30)12-38)29-15(4)7-8-40-27(29)14(2)3/h3*6-8,11,14,16H,1,9-10,13,39H2,2-5H3/t3*16-/m111/s1. The Labute approximate surface area is 831 Å². The van der Waals surface area contributed by atoms with E-state index >= 15 is 13.2 Å². The van der Waals surface area contributed by atoms with Gasteiger partial charge in [-0.1, -0.05) is 166 Å². The Balaban J connectivity index is 0.000000175. The smallest absolute Gasteiger partial charge is 0.276 e. The van der Waals surface area contributed by atoms with E-state index < -0.39 is 115 Å². The molecule has 0 bridgehead atoms. The summed E-state index contributed by atoms with van der Waals surface area (Å²) in [4.78, 5) is 119. The first-order valence-corrected chi connectivity index (χ1v) is 46.0. The molecule has 714 valence electrons. The molecule has 0 spiro atoms. The highest BCUT2D eigenvalue weighted by atomic mass is 35.5. The third-order valence-electron chi connectivity index (χ3n) is 24.1. The number of nitrogens with two attached hydrogens (primary N) is 3. The molecule has 3 atom stereocenters. The zero-order valence-corrected chi connectivity index (χ0v) is 82.6. The molecule has 3 aliphatic heterocycles. The van der Waals surface area contributed by atoms with Crippen molar-refractivity contribution in [3.05, 3.63) is 255 Å². The number of hydrogen-bond donors (Lipinski definition) is 3. The van der Waals surface area contributed by atoms with Gasteiger partial charge >= 0.3 is 0 Å². The molecular weight excluding hydrogens is 1980 g/mol. The molecule has 0 radical (unpaired) electrons. The molecule has 9 aromatic heterocycles. The van der Waals surface area contributed by atoms with Gasteiger partial charge in [-0.05, 0) is 131 Å². The van der Waals surface area contributed by atoms with E-state index in [1.54, 1.807) is 72.3 Å². The van der Waals surface area contributed by atoms with Gasteiger partial charge in [-0.25, -0.2) is 41.3 Å². The number of aryl methyl sites for hydroxylation is 3. The molecule has 3 amide bonds. The minimum atomic E-state index is -1.44. The van der Waals surface area contributed by atoms with Gasteiger partial charge in [0.2, 0.25) is 17.7 Å². The normalized spacial score (nSPS) is 15.0. The summed E-state index contributed by atoms with van der Waals surface area (Å²) in [6.07, 6.45) is 8.51. The van der Waals surface area contributed by atoms with Gasteiger partial charge < -0.3 is 46.6 Å². The highest BCUT2D eigenvalue weighted by Gasteiger charge is 2.40. The van der Waals surface area contributed by atoms with Gasteiger partial charge in [0.05, 0.1) is 132 Å². The third kappa shape index (κ3) is 18.0. The zero-order chi connectivity index (χ0) is 101. The molecule has 12 aromatic rings. The monoisotopic (exact) mass is 2060 g/mol. The van der Waals surface area contributed by atoms with Crippen molar-refractivity contribution in [2.75, 3.05) is 90.8 Å². The van der Waals surface area contributed by atoms with Crippen molar-refractivity contribution in [1.82, 2.24) is 58.3 Å². The first-order valence-electron chi connectivity index (χ1n) is 42.6. The highest BCUT2D eigenvalue weighted by molar-refractivity contribution is 6.44. The number of fused-ring (bicyclic) bond motifs is 3. The predicted octanol–water partition coefficient (Wildman–Crippen LogP) is 20.4. The van der Waals surface area contributed by atoms with E-state index in [0.29, 0.717) is 50.8 Å². The summed E-state index contributed by atoms with van der Waals surface area (Å²) in [5, 5.41) is 28.3. The van der Waals surface area contributed by atoms with Crippen LogP contribution in [0.4, 0.5) is 60.5 Å². The summed E-state index contributed by atoms with van der Waals surface area (Å²) < 4.78 is 94.8. The lowest BCUT2D eigenvalue weighted by molar-refractivity contribution is -0.129. The Morgan fingerprint density at radius 1 is 0.399 bits per heavy atom. The molecule has 3 fully saturated rings. The summed E-state index contributed by atoms with van der Waals surface area (Å²) in [6.45, 7) is 35.3. The highest BCUT2D eigenvalue weighted by Crippen LogP contribution is 2.50. The van der Waals surface area contributed by atoms with E-state index in [1.165, 1.54) is 50.1 Å². The fraction of sp³-hybridized carbons (Fsp3) is 0.281. The topological polar surface area (TPSA) is 363 Å². The molecule has 15 rings (SSSR count). The molecule has 42 heteroatoms. The van der Waals surface area contributed by atoms with Crippen molar-refractivity contribution < 1.29 is 40.7 Å². The van der Waals surface area contributed by atoms with Crippen molar-refractivity contribution >= 4 is 189 Å². The van der Waals surface area contributed by atoms with Gasteiger partial charge in [-0.15, -0.1) is 0 Å². The first kappa shape index (κ1) is 103. The second-order valence-electron chi connectivity index (χ2n) is 33.8. The number of rotatable bonds is 15. The molecule has 12 heterocycles. The van der Waals surface area contributed by atoms with Crippen LogP contribution in [0.2, 0.25) is 45.2 Å². The van der Waals surface area contributed by atoms with Crippen LogP contribution in [0.15, 0.2) is 107 Å². The Hall–Kier alpha value is -12.7. The minimum Gasteiger partial charge on any atom is -0.396 e. The molecule has 0 aliphatic carbocycles. The van der Waals surface area contributed by atoms with Gasteiger partial charge in [-0.3, -0.25) is 57.4 Å². The van der Waals surface area contributed by atoms with E-state index in [9.17, 15) is 57.7 Å². The Kier molecular flexibility index (Phi) is 30.3. The third-order valence-corrected chi connectivity index (χ3v) is 27.3. The van der Waals surface area contributed by atoms with Gasteiger partial charge in [0.1, 0.15) is 66.9 Å². The number of carbonyl (C=O) groups excluding carboxylic acids is 3. The van der Waals surface area contributed by atoms with Crippen molar-refractivity contribution in [3.8, 4) is 69.0 Å². The summed E-state index contributed by atoms with van der Waals surface area (Å²) in [5.41, 5.74) is 16.5. The molecule has 3 aliphatic rings. The zero-order valence-electron chi connectivity index (χ0n) is 75.8. The van der Waals surface area contributed by atoms with Crippen molar-refractivity contribution in [2.45, 2.75) is 119 Å². The van der Waals surface area contributed by atoms with Crippen molar-refractivity contribution in [3.63, 3.8) is 0 Å². The Morgan fingerprint density at radius 2 is 0.630 bits per heavy atom. The van der Waals surface area contributed by atoms with E-state index in [-0.39, 0.29) is 212 Å². The molecule has 138 heavy (non-hydrogen) atoms. The van der Waals surface area contributed by atoms with Gasteiger partial charge in [0, 0.05) is 112 Å². The van der Waals surface area contributed by atoms with E-state index in [0.717, 1.165) is 0 Å². The van der Waals surface area contributed by atoms with Crippen molar-refractivity contribution in [1.29, 1.82) is 15.8 Å². The minimum absolute atomic E-state index is 0.0157. The second-order valence-corrected chi connectivity index (χ2v) is 37.3. The van der Waals surface area contributed by atoms with E-state index in [4.69, 9.17) is 122 Å². The number of nitriles is 3. The van der Waals surface area contributed by atoms with Crippen LogP contribution in [0.5, 0.6) is 0 Å². The fourth-order valence-corrected chi connectivity index (χ4v) is 19.7. The predicted molar refractivity (Wildman–Crippen MR) is 531 cm³/mol. The van der Waals surface area contributed by atoms with Crippen LogP contribution < -0.4 is 48.6 Å². The molecule has 0 unspecified atom stereocenters. The van der Waals surface area contributed by atoms with Crippen LogP contribution in [0, 0.1) is 89.7 Å². The number of benzene rings is 3. The molecule has 6 N–H and O–H groups in total. The summed E-state index contributed by atoms with van der Waals surface area (Å²) in [7, 11) is 0. The van der Waals surface area contributed by atoms with Crippen LogP contribution in [0.1, 0.15) is 131 Å². The van der Waals surface area contributed by atoms with Crippen molar-refractivity contribution in [2.24, 2.45) is 0 Å². The average molecular weight is 2060 g/mol. The molecular formula is C96H84Cl9F6N21O6. The number of halogens is 15. The van der Waals surface area contributed by atoms with Crippen LogP contribution in [0.3, 0.4) is 0 Å². The Morgan fingerprint density at radius 3 is 0.833 bits per heavy atom. The van der Waals surface area contributed by atoms with Gasteiger partial charge in [0.25, 0.3) is 16.7 Å². The van der Waals surface area contributed by atoms with Crippen LogP contribution in [-0.4, -0.2) is 153 Å². The van der Waals surface area contributed by atoms with E-state index in [1.807, 2.05) is 77.0 Å².